The van der Waals surface area contributed by atoms with Crippen LogP contribution in [-0.4, -0.2) is 23.7 Å². The first-order valence-electron chi connectivity index (χ1n) is 7.42. The highest BCUT2D eigenvalue weighted by Gasteiger charge is 2.06. The number of thiazole rings is 1. The van der Waals surface area contributed by atoms with Gasteiger partial charge in [-0.3, -0.25) is 4.79 Å². The summed E-state index contributed by atoms with van der Waals surface area (Å²) in [6, 6.07) is 7.58. The van der Waals surface area contributed by atoms with E-state index in [1.165, 1.54) is 11.3 Å². The zero-order chi connectivity index (χ0) is 16.5. The number of anilines is 1. The molecule has 6 nitrogen and oxygen atoms in total. The highest BCUT2D eigenvalue weighted by molar-refractivity contribution is 7.13. The SMILES string of the molecule is CCCCOc1ccccc1/C=N/NC(=O)Cc1csc(N)n1. The summed E-state index contributed by atoms with van der Waals surface area (Å²) in [7, 11) is 0. The number of hydrogen-bond acceptors (Lipinski definition) is 6. The Hall–Kier alpha value is -2.41. The van der Waals surface area contributed by atoms with Crippen molar-refractivity contribution in [3.8, 4) is 5.75 Å². The lowest BCUT2D eigenvalue weighted by Gasteiger charge is -2.07. The van der Waals surface area contributed by atoms with Gasteiger partial charge in [0.2, 0.25) is 5.91 Å². The number of benzene rings is 1. The predicted molar refractivity (Wildman–Crippen MR) is 92.8 cm³/mol. The topological polar surface area (TPSA) is 89.6 Å². The minimum Gasteiger partial charge on any atom is -0.493 e. The molecule has 0 aliphatic heterocycles. The first kappa shape index (κ1) is 17.0. The van der Waals surface area contributed by atoms with Crippen LogP contribution in [-0.2, 0) is 11.2 Å². The minimum atomic E-state index is -0.240. The number of aromatic nitrogens is 1. The molecule has 1 amide bonds. The largest absolute Gasteiger partial charge is 0.493 e. The molecule has 1 aromatic heterocycles. The summed E-state index contributed by atoms with van der Waals surface area (Å²) in [4.78, 5) is 15.8. The lowest BCUT2D eigenvalue weighted by molar-refractivity contribution is -0.120. The van der Waals surface area contributed by atoms with Gasteiger partial charge in [0.05, 0.1) is 24.9 Å². The number of rotatable bonds is 8. The van der Waals surface area contributed by atoms with Crippen molar-refractivity contribution in [2.75, 3.05) is 12.3 Å². The number of carbonyl (C=O) groups excluding carboxylic acids is 1. The van der Waals surface area contributed by atoms with Crippen LogP contribution in [0.2, 0.25) is 0 Å². The van der Waals surface area contributed by atoms with Gasteiger partial charge in [-0.1, -0.05) is 25.5 Å². The van der Waals surface area contributed by atoms with Crippen molar-refractivity contribution in [1.82, 2.24) is 10.4 Å². The normalized spacial score (nSPS) is 10.8. The van der Waals surface area contributed by atoms with E-state index in [0.717, 1.165) is 24.2 Å². The summed E-state index contributed by atoms with van der Waals surface area (Å²) in [6.07, 6.45) is 3.81. The average molecular weight is 332 g/mol. The standard InChI is InChI=1S/C16H20N4O2S/c1-2-3-8-22-14-7-5-4-6-12(14)10-18-20-15(21)9-13-11-23-16(17)19-13/h4-7,10-11H,2-3,8-9H2,1H3,(H2,17,19)(H,20,21)/b18-10+. The second kappa shape index (κ2) is 8.89. The summed E-state index contributed by atoms with van der Waals surface area (Å²) in [5.41, 5.74) is 9.47. The second-order valence-electron chi connectivity index (χ2n) is 4.89. The number of nitrogens with two attached hydrogens (primary N) is 1. The number of amides is 1. The van der Waals surface area contributed by atoms with Crippen molar-refractivity contribution < 1.29 is 9.53 Å². The molecule has 0 unspecified atom stereocenters. The van der Waals surface area contributed by atoms with Crippen molar-refractivity contribution in [2.45, 2.75) is 26.2 Å². The van der Waals surface area contributed by atoms with Crippen LogP contribution in [0.4, 0.5) is 5.13 Å². The van der Waals surface area contributed by atoms with Crippen LogP contribution in [0.1, 0.15) is 31.0 Å². The van der Waals surface area contributed by atoms with Crippen molar-refractivity contribution in [3.05, 3.63) is 40.9 Å². The van der Waals surface area contributed by atoms with Gasteiger partial charge in [-0.05, 0) is 18.6 Å². The lowest BCUT2D eigenvalue weighted by Crippen LogP contribution is -2.20. The highest BCUT2D eigenvalue weighted by Crippen LogP contribution is 2.16. The van der Waals surface area contributed by atoms with E-state index >= 15 is 0 Å². The van der Waals surface area contributed by atoms with E-state index in [-0.39, 0.29) is 12.3 Å². The summed E-state index contributed by atoms with van der Waals surface area (Å²) < 4.78 is 5.71. The second-order valence-corrected chi connectivity index (χ2v) is 5.78. The van der Waals surface area contributed by atoms with E-state index in [1.807, 2.05) is 24.3 Å². The molecule has 3 N–H and O–H groups in total. The van der Waals surface area contributed by atoms with Crippen molar-refractivity contribution in [2.24, 2.45) is 5.10 Å². The summed E-state index contributed by atoms with van der Waals surface area (Å²) in [5.74, 6) is 0.516. The Morgan fingerprint density at radius 2 is 2.30 bits per heavy atom. The Bertz CT molecular complexity index is 670. The van der Waals surface area contributed by atoms with E-state index in [2.05, 4.69) is 22.4 Å². The molecule has 0 atom stereocenters. The Kier molecular flexibility index (Phi) is 6.56. The number of nitrogens with zero attached hydrogens (tertiary/aromatic N) is 2. The first-order chi connectivity index (χ1) is 11.2. The Balaban J connectivity index is 1.88. The zero-order valence-electron chi connectivity index (χ0n) is 13.0. The van der Waals surface area contributed by atoms with Gasteiger partial charge in [-0.25, -0.2) is 10.4 Å². The maximum atomic E-state index is 11.8. The van der Waals surface area contributed by atoms with E-state index in [9.17, 15) is 4.79 Å². The number of hydrazone groups is 1. The Morgan fingerprint density at radius 1 is 1.48 bits per heavy atom. The van der Waals surface area contributed by atoms with Gasteiger partial charge in [0, 0.05) is 10.9 Å². The number of para-hydroxylation sites is 1. The molecule has 2 aromatic rings. The molecule has 1 heterocycles. The van der Waals surface area contributed by atoms with Crippen LogP contribution < -0.4 is 15.9 Å². The molecule has 0 radical (unpaired) electrons. The minimum absolute atomic E-state index is 0.152. The van der Waals surface area contributed by atoms with Gasteiger partial charge in [-0.15, -0.1) is 11.3 Å². The van der Waals surface area contributed by atoms with Crippen LogP contribution >= 0.6 is 11.3 Å². The van der Waals surface area contributed by atoms with Crippen LogP contribution in [0, 0.1) is 0 Å². The van der Waals surface area contributed by atoms with Crippen LogP contribution in [0.15, 0.2) is 34.7 Å². The maximum Gasteiger partial charge on any atom is 0.246 e. The fourth-order valence-corrected chi connectivity index (χ4v) is 2.39. The zero-order valence-corrected chi connectivity index (χ0v) is 13.8. The average Bonchev–Trinajstić information content (AvgIpc) is 2.94. The molecule has 122 valence electrons. The maximum absolute atomic E-state index is 11.8. The van der Waals surface area contributed by atoms with E-state index in [1.54, 1.807) is 11.6 Å². The Morgan fingerprint density at radius 3 is 3.04 bits per heavy atom. The number of hydrogen-bond donors (Lipinski definition) is 2. The van der Waals surface area contributed by atoms with E-state index < -0.39 is 0 Å². The van der Waals surface area contributed by atoms with Gasteiger partial charge in [0.15, 0.2) is 5.13 Å². The molecule has 0 aliphatic carbocycles. The third-order valence-corrected chi connectivity index (χ3v) is 3.70. The van der Waals surface area contributed by atoms with Gasteiger partial charge in [0.25, 0.3) is 0 Å². The van der Waals surface area contributed by atoms with Crippen molar-refractivity contribution >= 4 is 28.6 Å². The first-order valence-corrected chi connectivity index (χ1v) is 8.30. The van der Waals surface area contributed by atoms with Gasteiger partial charge in [-0.2, -0.15) is 5.10 Å². The number of ether oxygens (including phenoxy) is 1. The molecule has 0 saturated carbocycles. The molecule has 1 aromatic carbocycles. The molecule has 0 fully saturated rings. The van der Waals surface area contributed by atoms with Gasteiger partial charge < -0.3 is 10.5 Å². The molecular formula is C16H20N4O2S. The Labute approximate surface area is 139 Å². The molecule has 2 rings (SSSR count). The summed E-state index contributed by atoms with van der Waals surface area (Å²) in [6.45, 7) is 2.78. The number of unbranched alkanes of at least 4 members (excludes halogenated alkanes) is 1. The fourth-order valence-electron chi connectivity index (χ4n) is 1.83. The third-order valence-electron chi connectivity index (χ3n) is 2.98. The third kappa shape index (κ3) is 5.71. The van der Waals surface area contributed by atoms with E-state index in [4.69, 9.17) is 10.5 Å². The van der Waals surface area contributed by atoms with Crippen molar-refractivity contribution in [3.63, 3.8) is 0 Å². The quantitative estimate of drug-likeness (QED) is 0.442. The molecule has 0 saturated heterocycles. The smallest absolute Gasteiger partial charge is 0.246 e. The van der Waals surface area contributed by atoms with Gasteiger partial charge >= 0.3 is 0 Å². The summed E-state index contributed by atoms with van der Waals surface area (Å²) >= 11 is 1.31. The van der Waals surface area contributed by atoms with E-state index in [0.29, 0.717) is 17.4 Å². The molecule has 0 aliphatic rings. The molecule has 0 bridgehead atoms. The van der Waals surface area contributed by atoms with Crippen molar-refractivity contribution in [1.29, 1.82) is 0 Å². The number of nitrogens with one attached hydrogen (secondary N) is 1. The summed E-state index contributed by atoms with van der Waals surface area (Å²) in [5, 5.41) is 6.19. The molecule has 7 heteroatoms. The monoisotopic (exact) mass is 332 g/mol. The van der Waals surface area contributed by atoms with Crippen LogP contribution in [0.25, 0.3) is 0 Å². The van der Waals surface area contributed by atoms with Gasteiger partial charge in [0.1, 0.15) is 5.75 Å². The highest BCUT2D eigenvalue weighted by atomic mass is 32.1. The number of carbonyl (C=O) groups is 1. The predicted octanol–water partition coefficient (Wildman–Crippen LogP) is 2.60. The molecule has 23 heavy (non-hydrogen) atoms. The van der Waals surface area contributed by atoms with Crippen LogP contribution in [0.5, 0.6) is 5.75 Å². The van der Waals surface area contributed by atoms with Crippen LogP contribution in [0.3, 0.4) is 0 Å². The fraction of sp³-hybridized carbons (Fsp3) is 0.312. The molecular weight excluding hydrogens is 312 g/mol. The lowest BCUT2D eigenvalue weighted by atomic mass is 10.2. The number of nitrogen functional groups attached to an aromatic ring is 1. The molecule has 0 spiro atoms.